The molecule has 0 aliphatic rings. The van der Waals surface area contributed by atoms with E-state index < -0.39 is 0 Å². The van der Waals surface area contributed by atoms with Crippen molar-refractivity contribution in [1.82, 2.24) is 9.97 Å². The first-order valence-electron chi connectivity index (χ1n) is 5.90. The standard InChI is InChI=1S/C13H15FN4O/c1-8(6-9-2-4-10(14)5-3-9)18-12-11(15)13(19)17-7-16-12/h2-5,7-8H,6,15H2,1H3,(H2,16,17,18,19). The van der Waals surface area contributed by atoms with Gasteiger partial charge in [-0.2, -0.15) is 0 Å². The Morgan fingerprint density at radius 1 is 1.42 bits per heavy atom. The molecule has 19 heavy (non-hydrogen) atoms. The molecule has 0 spiro atoms. The van der Waals surface area contributed by atoms with Crippen LogP contribution < -0.4 is 16.6 Å². The van der Waals surface area contributed by atoms with E-state index in [1.807, 2.05) is 6.92 Å². The number of rotatable bonds is 4. The number of nitrogens with zero attached hydrogens (tertiary/aromatic N) is 1. The Hall–Kier alpha value is -2.37. The largest absolute Gasteiger partial charge is 0.391 e. The molecular weight excluding hydrogens is 247 g/mol. The van der Waals surface area contributed by atoms with E-state index in [4.69, 9.17) is 5.73 Å². The minimum absolute atomic E-state index is 0.0158. The van der Waals surface area contributed by atoms with Crippen molar-refractivity contribution in [3.05, 3.63) is 52.3 Å². The van der Waals surface area contributed by atoms with Gasteiger partial charge in [-0.1, -0.05) is 12.1 Å². The molecule has 5 nitrogen and oxygen atoms in total. The van der Waals surface area contributed by atoms with Gasteiger partial charge in [-0.25, -0.2) is 9.37 Å². The fourth-order valence-electron chi connectivity index (χ4n) is 1.78. The smallest absolute Gasteiger partial charge is 0.276 e. The number of H-pyrrole nitrogens is 1. The minimum atomic E-state index is -0.369. The van der Waals surface area contributed by atoms with Gasteiger partial charge in [0.2, 0.25) is 0 Å². The molecule has 0 aliphatic heterocycles. The number of nitrogens with one attached hydrogen (secondary N) is 2. The van der Waals surface area contributed by atoms with E-state index >= 15 is 0 Å². The maximum absolute atomic E-state index is 12.8. The molecule has 1 heterocycles. The highest BCUT2D eigenvalue weighted by Crippen LogP contribution is 2.12. The van der Waals surface area contributed by atoms with Crippen LogP contribution >= 0.6 is 0 Å². The molecule has 1 aromatic carbocycles. The van der Waals surface area contributed by atoms with Crippen LogP contribution in [0.1, 0.15) is 12.5 Å². The van der Waals surface area contributed by atoms with E-state index in [1.165, 1.54) is 18.5 Å². The molecule has 0 saturated carbocycles. The summed E-state index contributed by atoms with van der Waals surface area (Å²) in [6.07, 6.45) is 1.97. The number of hydrogen-bond acceptors (Lipinski definition) is 4. The van der Waals surface area contributed by atoms with Crippen molar-refractivity contribution in [2.45, 2.75) is 19.4 Å². The molecule has 0 fully saturated rings. The van der Waals surface area contributed by atoms with E-state index in [9.17, 15) is 9.18 Å². The van der Waals surface area contributed by atoms with Crippen molar-refractivity contribution in [2.75, 3.05) is 11.1 Å². The predicted octanol–water partition coefficient (Wildman–Crippen LogP) is 1.53. The van der Waals surface area contributed by atoms with Crippen molar-refractivity contribution < 1.29 is 4.39 Å². The number of hydrogen-bond donors (Lipinski definition) is 3. The van der Waals surface area contributed by atoms with Gasteiger partial charge in [-0.3, -0.25) is 4.79 Å². The molecule has 6 heteroatoms. The highest BCUT2D eigenvalue weighted by Gasteiger charge is 2.09. The first-order chi connectivity index (χ1) is 9.06. The number of anilines is 2. The second kappa shape index (κ2) is 5.51. The molecule has 0 aliphatic carbocycles. The minimum Gasteiger partial charge on any atom is -0.391 e. The molecule has 100 valence electrons. The molecular formula is C13H15FN4O. The molecule has 0 amide bonds. The summed E-state index contributed by atoms with van der Waals surface area (Å²) in [5.74, 6) is 0.100. The van der Waals surface area contributed by atoms with E-state index in [0.717, 1.165) is 5.56 Å². The summed E-state index contributed by atoms with van der Waals surface area (Å²) in [4.78, 5) is 17.7. The Labute approximate surface area is 109 Å². The van der Waals surface area contributed by atoms with E-state index in [2.05, 4.69) is 15.3 Å². The Kier molecular flexibility index (Phi) is 3.79. The summed E-state index contributed by atoms with van der Waals surface area (Å²) < 4.78 is 12.8. The van der Waals surface area contributed by atoms with Crippen LogP contribution in [-0.2, 0) is 6.42 Å². The van der Waals surface area contributed by atoms with Crippen molar-refractivity contribution >= 4 is 11.5 Å². The molecule has 0 saturated heterocycles. The van der Waals surface area contributed by atoms with Crippen molar-refractivity contribution in [2.24, 2.45) is 0 Å². The number of nitrogens with two attached hydrogens (primary N) is 1. The van der Waals surface area contributed by atoms with Crippen LogP contribution in [0, 0.1) is 5.82 Å². The Morgan fingerprint density at radius 2 is 2.11 bits per heavy atom. The lowest BCUT2D eigenvalue weighted by Crippen LogP contribution is -2.23. The van der Waals surface area contributed by atoms with Crippen molar-refractivity contribution in [3.63, 3.8) is 0 Å². The van der Waals surface area contributed by atoms with Crippen LogP contribution in [0.4, 0.5) is 15.9 Å². The third kappa shape index (κ3) is 3.31. The Bertz CT molecular complexity index is 609. The third-order valence-corrected chi connectivity index (χ3v) is 2.73. The maximum atomic E-state index is 12.8. The highest BCUT2D eigenvalue weighted by atomic mass is 19.1. The van der Waals surface area contributed by atoms with Crippen LogP contribution in [0.15, 0.2) is 35.4 Å². The Morgan fingerprint density at radius 3 is 2.79 bits per heavy atom. The van der Waals surface area contributed by atoms with Gasteiger partial charge < -0.3 is 16.0 Å². The van der Waals surface area contributed by atoms with E-state index in [-0.39, 0.29) is 23.1 Å². The normalized spacial score (nSPS) is 12.1. The van der Waals surface area contributed by atoms with Crippen molar-refractivity contribution in [1.29, 1.82) is 0 Å². The summed E-state index contributed by atoms with van der Waals surface area (Å²) in [5, 5.41) is 3.06. The first-order valence-corrected chi connectivity index (χ1v) is 5.90. The number of nitrogen functional groups attached to an aromatic ring is 1. The van der Waals surface area contributed by atoms with Gasteiger partial charge in [0, 0.05) is 6.04 Å². The lowest BCUT2D eigenvalue weighted by atomic mass is 10.1. The molecule has 2 aromatic rings. The fourth-order valence-corrected chi connectivity index (χ4v) is 1.78. The monoisotopic (exact) mass is 262 g/mol. The Balaban J connectivity index is 2.05. The number of aromatic nitrogens is 2. The van der Waals surface area contributed by atoms with Gasteiger partial charge in [0.25, 0.3) is 5.56 Å². The summed E-state index contributed by atoms with van der Waals surface area (Å²) in [5.41, 5.74) is 6.31. The lowest BCUT2D eigenvalue weighted by molar-refractivity contribution is 0.626. The zero-order chi connectivity index (χ0) is 13.8. The summed E-state index contributed by atoms with van der Waals surface area (Å²) in [7, 11) is 0. The van der Waals surface area contributed by atoms with Crippen LogP contribution in [0.5, 0.6) is 0 Å². The topological polar surface area (TPSA) is 83.8 Å². The fraction of sp³-hybridized carbons (Fsp3) is 0.231. The average molecular weight is 262 g/mol. The SMILES string of the molecule is CC(Cc1ccc(F)cc1)Nc1nc[nH]c(=O)c1N. The van der Waals surface area contributed by atoms with E-state index in [1.54, 1.807) is 12.1 Å². The summed E-state index contributed by atoms with van der Waals surface area (Å²) >= 11 is 0. The van der Waals surface area contributed by atoms with Gasteiger partial charge in [0.15, 0.2) is 5.82 Å². The van der Waals surface area contributed by atoms with Crippen LogP contribution in [-0.4, -0.2) is 16.0 Å². The van der Waals surface area contributed by atoms with Crippen LogP contribution in [0.2, 0.25) is 0 Å². The zero-order valence-corrected chi connectivity index (χ0v) is 10.5. The average Bonchev–Trinajstić information content (AvgIpc) is 2.38. The van der Waals surface area contributed by atoms with Gasteiger partial charge in [0.05, 0.1) is 6.33 Å². The number of benzene rings is 1. The highest BCUT2D eigenvalue weighted by molar-refractivity contribution is 5.59. The van der Waals surface area contributed by atoms with Gasteiger partial charge >= 0.3 is 0 Å². The summed E-state index contributed by atoms with van der Waals surface area (Å²) in [6, 6.07) is 6.30. The van der Waals surface area contributed by atoms with Gasteiger partial charge in [0.1, 0.15) is 11.5 Å². The summed E-state index contributed by atoms with van der Waals surface area (Å²) in [6.45, 7) is 1.94. The molecule has 1 aromatic heterocycles. The molecule has 2 rings (SSSR count). The molecule has 4 N–H and O–H groups in total. The maximum Gasteiger partial charge on any atom is 0.276 e. The second-order valence-corrected chi connectivity index (χ2v) is 4.37. The molecule has 1 unspecified atom stereocenters. The quantitative estimate of drug-likeness (QED) is 0.780. The predicted molar refractivity (Wildman–Crippen MR) is 72.5 cm³/mol. The zero-order valence-electron chi connectivity index (χ0n) is 10.5. The van der Waals surface area contributed by atoms with E-state index in [0.29, 0.717) is 12.2 Å². The molecule has 0 bridgehead atoms. The molecule has 1 atom stereocenters. The van der Waals surface area contributed by atoms with Crippen LogP contribution in [0.25, 0.3) is 0 Å². The lowest BCUT2D eigenvalue weighted by Gasteiger charge is -2.15. The van der Waals surface area contributed by atoms with Crippen LogP contribution in [0.3, 0.4) is 0 Å². The number of aromatic amines is 1. The second-order valence-electron chi connectivity index (χ2n) is 4.37. The number of halogens is 1. The van der Waals surface area contributed by atoms with Gasteiger partial charge in [-0.05, 0) is 31.0 Å². The first kappa shape index (κ1) is 13.1. The third-order valence-electron chi connectivity index (χ3n) is 2.73. The van der Waals surface area contributed by atoms with Gasteiger partial charge in [-0.15, -0.1) is 0 Å². The molecule has 0 radical (unpaired) electrons. The van der Waals surface area contributed by atoms with Crippen molar-refractivity contribution in [3.8, 4) is 0 Å².